The zero-order chi connectivity index (χ0) is 16.8. The fourth-order valence-corrected chi connectivity index (χ4v) is 3.09. The Morgan fingerprint density at radius 2 is 1.96 bits per heavy atom. The van der Waals surface area contributed by atoms with E-state index in [1.54, 1.807) is 34.9 Å². The molecule has 1 aliphatic heterocycles. The number of halogens is 2. The first-order valence-electron chi connectivity index (χ1n) is 7.41. The van der Waals surface area contributed by atoms with Gasteiger partial charge in [0.05, 0.1) is 17.1 Å². The normalized spacial score (nSPS) is 16.2. The summed E-state index contributed by atoms with van der Waals surface area (Å²) in [5.74, 6) is -0.0208. The molecule has 2 aromatic carbocycles. The minimum Gasteiger partial charge on any atom is -0.365 e. The first-order valence-corrected chi connectivity index (χ1v) is 7.79. The zero-order valence-electron chi connectivity index (χ0n) is 12.7. The molecule has 24 heavy (non-hydrogen) atoms. The number of aliphatic imine (C=N–C) groups is 1. The number of nitrogens with zero attached hydrogens (tertiary/aromatic N) is 3. The van der Waals surface area contributed by atoms with Crippen LogP contribution in [0.25, 0.3) is 5.69 Å². The Labute approximate surface area is 142 Å². The molecule has 4 nitrogen and oxygen atoms in total. The SMILES string of the molecule is Cc1cn2c(n1)C(O)N=C(c1ccccc1F)c1cc(Cl)ccc1-2. The van der Waals surface area contributed by atoms with Crippen LogP contribution in [0.1, 0.15) is 28.9 Å². The molecule has 1 aromatic heterocycles. The van der Waals surface area contributed by atoms with Gasteiger partial charge in [-0.1, -0.05) is 23.7 Å². The number of hydrogen-bond acceptors (Lipinski definition) is 3. The number of benzene rings is 2. The van der Waals surface area contributed by atoms with Crippen LogP contribution in [0, 0.1) is 12.7 Å². The summed E-state index contributed by atoms with van der Waals surface area (Å²) in [4.78, 5) is 8.68. The van der Waals surface area contributed by atoms with Crippen LogP contribution >= 0.6 is 11.6 Å². The number of aliphatic hydroxyl groups excluding tert-OH is 1. The van der Waals surface area contributed by atoms with E-state index in [4.69, 9.17) is 11.6 Å². The van der Waals surface area contributed by atoms with Crippen LogP contribution in [-0.2, 0) is 0 Å². The van der Waals surface area contributed by atoms with E-state index in [9.17, 15) is 9.50 Å². The van der Waals surface area contributed by atoms with E-state index in [1.165, 1.54) is 6.07 Å². The molecule has 0 spiro atoms. The summed E-state index contributed by atoms with van der Waals surface area (Å²) in [6, 6.07) is 11.6. The highest BCUT2D eigenvalue weighted by Crippen LogP contribution is 2.31. The lowest BCUT2D eigenvalue weighted by molar-refractivity contribution is 0.177. The van der Waals surface area contributed by atoms with Crippen LogP contribution in [0.2, 0.25) is 5.02 Å². The minimum atomic E-state index is -1.19. The predicted octanol–water partition coefficient (Wildman–Crippen LogP) is 3.82. The molecule has 3 aromatic rings. The molecule has 0 amide bonds. The maximum Gasteiger partial charge on any atom is 0.205 e. The molecule has 0 saturated carbocycles. The lowest BCUT2D eigenvalue weighted by Gasteiger charge is -2.12. The molecule has 1 aliphatic rings. The van der Waals surface area contributed by atoms with Crippen molar-refractivity contribution in [2.45, 2.75) is 13.2 Å². The summed E-state index contributed by atoms with van der Waals surface area (Å²) in [7, 11) is 0. The Morgan fingerprint density at radius 1 is 1.17 bits per heavy atom. The van der Waals surface area contributed by atoms with Crippen LogP contribution in [-0.4, -0.2) is 20.4 Å². The molecule has 120 valence electrons. The molecule has 0 bridgehead atoms. The second kappa shape index (κ2) is 5.54. The predicted molar refractivity (Wildman–Crippen MR) is 90.3 cm³/mol. The number of imidazole rings is 1. The number of fused-ring (bicyclic) bond motifs is 3. The van der Waals surface area contributed by atoms with E-state index in [1.807, 2.05) is 19.2 Å². The molecule has 1 N–H and O–H groups in total. The lowest BCUT2D eigenvalue weighted by Crippen LogP contribution is -2.09. The highest BCUT2D eigenvalue weighted by molar-refractivity contribution is 6.31. The van der Waals surface area contributed by atoms with E-state index in [-0.39, 0.29) is 0 Å². The quantitative estimate of drug-likeness (QED) is 0.731. The number of rotatable bonds is 1. The van der Waals surface area contributed by atoms with Gasteiger partial charge in [-0.25, -0.2) is 14.4 Å². The van der Waals surface area contributed by atoms with Gasteiger partial charge in [-0.2, -0.15) is 0 Å². The monoisotopic (exact) mass is 341 g/mol. The molecule has 1 unspecified atom stereocenters. The second-order valence-corrected chi connectivity index (χ2v) is 6.04. The maximum absolute atomic E-state index is 14.3. The van der Waals surface area contributed by atoms with Crippen LogP contribution < -0.4 is 0 Å². The highest BCUT2D eigenvalue weighted by atomic mass is 35.5. The highest BCUT2D eigenvalue weighted by Gasteiger charge is 2.26. The number of aryl methyl sites for hydroxylation is 1. The minimum absolute atomic E-state index is 0.308. The molecule has 1 atom stereocenters. The van der Waals surface area contributed by atoms with Gasteiger partial charge in [-0.15, -0.1) is 0 Å². The summed E-state index contributed by atoms with van der Waals surface area (Å²) in [6.07, 6.45) is 0.616. The Balaban J connectivity index is 2.05. The third-order valence-electron chi connectivity index (χ3n) is 3.94. The standard InChI is InChI=1S/C18H13ClFN3O/c1-10-9-23-15-7-6-11(19)8-13(15)16(22-18(24)17(23)21-10)12-4-2-3-5-14(12)20/h2-9,18,24H,1H3. The van der Waals surface area contributed by atoms with Gasteiger partial charge in [-0.3, -0.25) is 4.57 Å². The van der Waals surface area contributed by atoms with Crippen LogP contribution in [0.4, 0.5) is 4.39 Å². The molecule has 0 radical (unpaired) electrons. The molecular formula is C18H13ClFN3O. The van der Waals surface area contributed by atoms with Gasteiger partial charge in [0, 0.05) is 22.3 Å². The van der Waals surface area contributed by atoms with Gasteiger partial charge in [-0.05, 0) is 37.3 Å². The van der Waals surface area contributed by atoms with Crippen LogP contribution in [0.15, 0.2) is 53.7 Å². The molecular weight excluding hydrogens is 329 g/mol. The average Bonchev–Trinajstić information content (AvgIpc) is 2.90. The third-order valence-corrected chi connectivity index (χ3v) is 4.17. The summed E-state index contributed by atoms with van der Waals surface area (Å²) in [5.41, 5.74) is 2.80. The van der Waals surface area contributed by atoms with Crippen molar-refractivity contribution in [1.82, 2.24) is 9.55 Å². The zero-order valence-corrected chi connectivity index (χ0v) is 13.5. The van der Waals surface area contributed by atoms with Crippen molar-refractivity contribution in [2.75, 3.05) is 0 Å². The van der Waals surface area contributed by atoms with E-state index >= 15 is 0 Å². The molecule has 0 aliphatic carbocycles. The first-order chi connectivity index (χ1) is 11.5. The topological polar surface area (TPSA) is 50.4 Å². The van der Waals surface area contributed by atoms with Crippen molar-refractivity contribution in [3.8, 4) is 5.69 Å². The second-order valence-electron chi connectivity index (χ2n) is 5.60. The van der Waals surface area contributed by atoms with E-state index in [2.05, 4.69) is 9.98 Å². The van der Waals surface area contributed by atoms with Crippen molar-refractivity contribution in [2.24, 2.45) is 4.99 Å². The van der Waals surface area contributed by atoms with Crippen molar-refractivity contribution in [1.29, 1.82) is 0 Å². The molecule has 6 heteroatoms. The smallest absolute Gasteiger partial charge is 0.205 e. The van der Waals surface area contributed by atoms with Gasteiger partial charge in [0.2, 0.25) is 6.23 Å². The Kier molecular flexibility index (Phi) is 3.48. The van der Waals surface area contributed by atoms with Gasteiger partial charge in [0.15, 0.2) is 5.82 Å². The molecule has 0 saturated heterocycles. The first kappa shape index (κ1) is 15.1. The summed E-state index contributed by atoms with van der Waals surface area (Å²) in [6.45, 7) is 1.84. The Hall–Kier alpha value is -2.50. The van der Waals surface area contributed by atoms with Crippen molar-refractivity contribution in [3.63, 3.8) is 0 Å². The number of hydrogen-bond donors (Lipinski definition) is 1. The van der Waals surface area contributed by atoms with Crippen LogP contribution in [0.3, 0.4) is 0 Å². The molecule has 2 heterocycles. The Morgan fingerprint density at radius 3 is 2.75 bits per heavy atom. The van der Waals surface area contributed by atoms with Crippen molar-refractivity contribution in [3.05, 3.63) is 82.1 Å². The lowest BCUT2D eigenvalue weighted by atomic mass is 10.00. The van der Waals surface area contributed by atoms with Gasteiger partial charge in [0.25, 0.3) is 0 Å². The van der Waals surface area contributed by atoms with E-state index in [0.29, 0.717) is 27.7 Å². The van der Waals surface area contributed by atoms with Gasteiger partial charge in [0.1, 0.15) is 5.82 Å². The summed E-state index contributed by atoms with van der Waals surface area (Å²) >= 11 is 6.16. The Bertz CT molecular complexity index is 980. The fourth-order valence-electron chi connectivity index (χ4n) is 2.92. The van der Waals surface area contributed by atoms with E-state index in [0.717, 1.165) is 11.4 Å². The third kappa shape index (κ3) is 2.33. The van der Waals surface area contributed by atoms with Gasteiger partial charge >= 0.3 is 0 Å². The summed E-state index contributed by atoms with van der Waals surface area (Å²) < 4.78 is 16.1. The number of aliphatic hydroxyl groups is 1. The molecule has 0 fully saturated rings. The van der Waals surface area contributed by atoms with Gasteiger partial charge < -0.3 is 5.11 Å². The van der Waals surface area contributed by atoms with Crippen molar-refractivity contribution < 1.29 is 9.50 Å². The number of aromatic nitrogens is 2. The van der Waals surface area contributed by atoms with Crippen molar-refractivity contribution >= 4 is 17.3 Å². The van der Waals surface area contributed by atoms with Crippen LogP contribution in [0.5, 0.6) is 0 Å². The maximum atomic E-state index is 14.3. The fraction of sp³-hybridized carbons (Fsp3) is 0.111. The average molecular weight is 342 g/mol. The van der Waals surface area contributed by atoms with E-state index < -0.39 is 12.0 Å². The largest absolute Gasteiger partial charge is 0.365 e. The summed E-state index contributed by atoms with van der Waals surface area (Å²) in [5, 5.41) is 11.0. The molecule has 4 rings (SSSR count).